The predicted octanol–water partition coefficient (Wildman–Crippen LogP) is 1.44. The van der Waals surface area contributed by atoms with E-state index < -0.39 is 4.92 Å². The van der Waals surface area contributed by atoms with Gasteiger partial charge in [0.15, 0.2) is 0 Å². The standard InChI is InChI=1S/C6H9N3O2P2/c10-9(11)4-1-2-5(7-3-4)8-6(12)13/h1-3,6H,12-13H2,(H,7,8). The van der Waals surface area contributed by atoms with Crippen LogP contribution < -0.4 is 5.32 Å². The number of rotatable bonds is 3. The Labute approximate surface area is 79.9 Å². The molecule has 0 fully saturated rings. The van der Waals surface area contributed by atoms with Gasteiger partial charge < -0.3 is 5.32 Å². The van der Waals surface area contributed by atoms with Gasteiger partial charge in [0.2, 0.25) is 0 Å². The molecule has 1 aromatic rings. The number of nitro groups is 1. The van der Waals surface area contributed by atoms with E-state index in [1.165, 1.54) is 12.3 Å². The minimum absolute atomic E-state index is 0.00499. The van der Waals surface area contributed by atoms with Crippen molar-refractivity contribution in [3.8, 4) is 0 Å². The second-order valence-electron chi connectivity index (χ2n) is 2.33. The van der Waals surface area contributed by atoms with Crippen LogP contribution in [0.4, 0.5) is 11.5 Å². The van der Waals surface area contributed by atoms with E-state index in [-0.39, 0.29) is 11.2 Å². The lowest BCUT2D eigenvalue weighted by molar-refractivity contribution is -0.385. The molecule has 1 rings (SSSR count). The fraction of sp³-hybridized carbons (Fsp3) is 0.167. The van der Waals surface area contributed by atoms with Crippen molar-refractivity contribution in [2.45, 2.75) is 5.52 Å². The highest BCUT2D eigenvalue weighted by Crippen LogP contribution is 2.16. The maximum absolute atomic E-state index is 10.3. The summed E-state index contributed by atoms with van der Waals surface area (Å²) in [5.74, 6) is 0.612. The highest BCUT2D eigenvalue weighted by molar-refractivity contribution is 7.38. The molecule has 5 nitrogen and oxygen atoms in total. The molecule has 7 heteroatoms. The van der Waals surface area contributed by atoms with E-state index in [1.54, 1.807) is 6.07 Å². The molecule has 70 valence electrons. The molecular weight excluding hydrogens is 208 g/mol. The molecule has 0 radical (unpaired) electrons. The van der Waals surface area contributed by atoms with Crippen LogP contribution in [0.1, 0.15) is 0 Å². The van der Waals surface area contributed by atoms with Gasteiger partial charge in [0.25, 0.3) is 5.69 Å². The van der Waals surface area contributed by atoms with Gasteiger partial charge in [-0.2, -0.15) is 0 Å². The molecule has 2 unspecified atom stereocenters. The van der Waals surface area contributed by atoms with Crippen LogP contribution in [0.25, 0.3) is 0 Å². The summed E-state index contributed by atoms with van der Waals surface area (Å²) in [6.07, 6.45) is 1.22. The quantitative estimate of drug-likeness (QED) is 0.472. The summed E-state index contributed by atoms with van der Waals surface area (Å²) < 4.78 is 0. The molecule has 0 aromatic carbocycles. The number of hydrogen-bond acceptors (Lipinski definition) is 4. The molecular formula is C6H9N3O2P2. The van der Waals surface area contributed by atoms with Crippen LogP contribution in [0.3, 0.4) is 0 Å². The fourth-order valence-corrected chi connectivity index (χ4v) is 1.09. The average Bonchev–Trinajstić information content (AvgIpc) is 2.04. The molecule has 1 N–H and O–H groups in total. The van der Waals surface area contributed by atoms with Gasteiger partial charge in [0.05, 0.1) is 10.4 Å². The predicted molar refractivity (Wildman–Crippen MR) is 57.7 cm³/mol. The van der Waals surface area contributed by atoms with Gasteiger partial charge in [-0.05, 0) is 6.07 Å². The number of aromatic nitrogens is 1. The Bertz CT molecular complexity index is 301. The smallest absolute Gasteiger partial charge is 0.287 e. The van der Waals surface area contributed by atoms with Crippen molar-refractivity contribution in [2.75, 3.05) is 5.32 Å². The second-order valence-corrected chi connectivity index (χ2v) is 4.54. The van der Waals surface area contributed by atoms with Gasteiger partial charge in [-0.15, -0.1) is 18.5 Å². The molecule has 0 spiro atoms. The Morgan fingerprint density at radius 1 is 1.54 bits per heavy atom. The average molecular weight is 217 g/mol. The molecule has 0 aliphatic rings. The molecule has 13 heavy (non-hydrogen) atoms. The molecule has 2 atom stereocenters. The van der Waals surface area contributed by atoms with E-state index in [0.29, 0.717) is 5.82 Å². The largest absolute Gasteiger partial charge is 0.361 e. The van der Waals surface area contributed by atoms with Gasteiger partial charge in [0, 0.05) is 6.07 Å². The lowest BCUT2D eigenvalue weighted by Gasteiger charge is -2.07. The van der Waals surface area contributed by atoms with Crippen molar-refractivity contribution in [3.63, 3.8) is 0 Å². The first-order valence-corrected chi connectivity index (χ1v) is 4.81. The summed E-state index contributed by atoms with van der Waals surface area (Å²) in [4.78, 5) is 13.7. The van der Waals surface area contributed by atoms with Crippen LogP contribution in [-0.4, -0.2) is 15.4 Å². The molecule has 0 saturated carbocycles. The number of hydrogen-bond donors (Lipinski definition) is 1. The van der Waals surface area contributed by atoms with Crippen molar-refractivity contribution in [1.82, 2.24) is 4.98 Å². The molecule has 1 heterocycles. The Balaban J connectivity index is 2.75. The third-order valence-electron chi connectivity index (χ3n) is 1.27. The van der Waals surface area contributed by atoms with Crippen molar-refractivity contribution >= 4 is 30.0 Å². The summed E-state index contributed by atoms with van der Waals surface area (Å²) in [5.41, 5.74) is 0.101. The molecule has 0 saturated heterocycles. The first kappa shape index (κ1) is 10.3. The summed E-state index contributed by atoms with van der Waals surface area (Å²) in [6.45, 7) is 0. The van der Waals surface area contributed by atoms with Crippen LogP contribution >= 0.6 is 18.5 Å². The number of pyridine rings is 1. The molecule has 0 amide bonds. The summed E-state index contributed by atoms with van der Waals surface area (Å²) in [6, 6.07) is 2.98. The highest BCUT2D eigenvalue weighted by Gasteiger charge is 2.04. The van der Waals surface area contributed by atoms with Crippen molar-refractivity contribution in [1.29, 1.82) is 0 Å². The van der Waals surface area contributed by atoms with E-state index in [2.05, 4.69) is 28.8 Å². The van der Waals surface area contributed by atoms with E-state index >= 15 is 0 Å². The van der Waals surface area contributed by atoms with Gasteiger partial charge >= 0.3 is 0 Å². The zero-order chi connectivity index (χ0) is 9.84. The first-order valence-electron chi connectivity index (χ1n) is 3.48. The monoisotopic (exact) mass is 217 g/mol. The lowest BCUT2D eigenvalue weighted by Crippen LogP contribution is -2.04. The van der Waals surface area contributed by atoms with E-state index in [0.717, 1.165) is 0 Å². The van der Waals surface area contributed by atoms with Crippen LogP contribution in [-0.2, 0) is 0 Å². The summed E-state index contributed by atoms with van der Waals surface area (Å²) in [7, 11) is 5.03. The zero-order valence-electron chi connectivity index (χ0n) is 6.68. The van der Waals surface area contributed by atoms with Crippen LogP contribution in [0.2, 0.25) is 0 Å². The van der Waals surface area contributed by atoms with Crippen LogP contribution in [0, 0.1) is 10.1 Å². The Kier molecular flexibility index (Phi) is 3.52. The molecule has 1 aromatic heterocycles. The van der Waals surface area contributed by atoms with Crippen molar-refractivity contribution in [2.24, 2.45) is 0 Å². The van der Waals surface area contributed by atoms with E-state index in [9.17, 15) is 10.1 Å². The maximum atomic E-state index is 10.3. The third-order valence-corrected chi connectivity index (χ3v) is 1.61. The third kappa shape index (κ3) is 3.21. The van der Waals surface area contributed by atoms with Crippen LogP contribution in [0.5, 0.6) is 0 Å². The topological polar surface area (TPSA) is 68.1 Å². The van der Waals surface area contributed by atoms with Gasteiger partial charge in [-0.3, -0.25) is 10.1 Å². The van der Waals surface area contributed by atoms with Crippen LogP contribution in [0.15, 0.2) is 18.3 Å². The van der Waals surface area contributed by atoms with E-state index in [4.69, 9.17) is 0 Å². The van der Waals surface area contributed by atoms with E-state index in [1.807, 2.05) is 0 Å². The normalized spacial score (nSPS) is 10.1. The van der Waals surface area contributed by atoms with Gasteiger partial charge in [0.1, 0.15) is 12.0 Å². The molecule has 0 aliphatic carbocycles. The minimum Gasteiger partial charge on any atom is -0.361 e. The Morgan fingerprint density at radius 2 is 2.23 bits per heavy atom. The zero-order valence-corrected chi connectivity index (χ0v) is 8.98. The SMILES string of the molecule is O=[N+]([O-])c1ccc(NC(P)P)nc1. The number of nitrogens with one attached hydrogen (secondary N) is 1. The highest BCUT2D eigenvalue weighted by atomic mass is 31.1. The first-order chi connectivity index (χ1) is 6.09. The Morgan fingerprint density at radius 3 is 2.62 bits per heavy atom. The summed E-state index contributed by atoms with van der Waals surface area (Å²) in [5, 5.41) is 13.2. The Hall–Kier alpha value is -0.790. The van der Waals surface area contributed by atoms with Crippen molar-refractivity contribution in [3.05, 3.63) is 28.4 Å². The van der Waals surface area contributed by atoms with Crippen molar-refractivity contribution < 1.29 is 4.92 Å². The maximum Gasteiger partial charge on any atom is 0.287 e. The number of anilines is 1. The molecule has 0 aliphatic heterocycles. The summed E-state index contributed by atoms with van der Waals surface area (Å²) >= 11 is 0. The lowest BCUT2D eigenvalue weighted by atomic mass is 10.4. The fourth-order valence-electron chi connectivity index (χ4n) is 0.750. The minimum atomic E-state index is -0.477. The number of nitrogens with zero attached hydrogens (tertiary/aromatic N) is 2. The second kappa shape index (κ2) is 4.45. The molecule has 0 bridgehead atoms. The van der Waals surface area contributed by atoms with Gasteiger partial charge in [-0.1, -0.05) is 0 Å². The van der Waals surface area contributed by atoms with Gasteiger partial charge in [-0.25, -0.2) is 4.98 Å².